The van der Waals surface area contributed by atoms with Crippen LogP contribution in [0.4, 0.5) is 0 Å². The van der Waals surface area contributed by atoms with E-state index in [4.69, 9.17) is 5.73 Å². The Morgan fingerprint density at radius 1 is 1.71 bits per heavy atom. The van der Waals surface area contributed by atoms with Gasteiger partial charge in [-0.2, -0.15) is 4.99 Å². The summed E-state index contributed by atoms with van der Waals surface area (Å²) in [5.41, 5.74) is 6.71. The van der Waals surface area contributed by atoms with E-state index < -0.39 is 0 Å². The summed E-state index contributed by atoms with van der Waals surface area (Å²) >= 11 is 0. The van der Waals surface area contributed by atoms with Crippen molar-refractivity contribution in [3.8, 4) is 0 Å². The van der Waals surface area contributed by atoms with Crippen molar-refractivity contribution < 1.29 is 4.79 Å². The molecule has 2 aliphatic rings. The van der Waals surface area contributed by atoms with Gasteiger partial charge in [0.25, 0.3) is 0 Å². The molecule has 1 amide bonds. The maximum absolute atomic E-state index is 11.3. The lowest BCUT2D eigenvalue weighted by atomic mass is 10.1. The van der Waals surface area contributed by atoms with Crippen LogP contribution in [0.15, 0.2) is 28.9 Å². The summed E-state index contributed by atoms with van der Waals surface area (Å²) in [6, 6.07) is 0.0654. The molecule has 0 aromatic carbocycles. The van der Waals surface area contributed by atoms with Gasteiger partial charge in [0, 0.05) is 12.7 Å². The maximum atomic E-state index is 11.3. The van der Waals surface area contributed by atoms with Gasteiger partial charge < -0.3 is 10.6 Å². The first-order valence-corrected chi connectivity index (χ1v) is 4.67. The third kappa shape index (κ3) is 1.48. The molecule has 1 atom stereocenters. The highest BCUT2D eigenvalue weighted by Crippen LogP contribution is 2.18. The van der Waals surface area contributed by atoms with Crippen LogP contribution in [0.1, 0.15) is 13.3 Å². The van der Waals surface area contributed by atoms with Gasteiger partial charge >= 0.3 is 0 Å². The predicted molar refractivity (Wildman–Crippen MR) is 54.6 cm³/mol. The van der Waals surface area contributed by atoms with Crippen molar-refractivity contribution in [3.05, 3.63) is 23.9 Å². The molecule has 4 nitrogen and oxygen atoms in total. The van der Waals surface area contributed by atoms with Crippen molar-refractivity contribution in [1.82, 2.24) is 4.90 Å². The van der Waals surface area contributed by atoms with Gasteiger partial charge in [0.15, 0.2) is 0 Å². The second-order valence-electron chi connectivity index (χ2n) is 3.57. The number of carbonyl (C=O) groups excluding carboxylic acids is 1. The molecule has 2 heterocycles. The Morgan fingerprint density at radius 3 is 3.21 bits per heavy atom. The summed E-state index contributed by atoms with van der Waals surface area (Å²) in [5.74, 6) is 0.641. The summed E-state index contributed by atoms with van der Waals surface area (Å²) in [6.07, 6.45) is 6.26. The van der Waals surface area contributed by atoms with E-state index in [0.717, 1.165) is 11.4 Å². The van der Waals surface area contributed by atoms with E-state index in [2.05, 4.69) is 4.99 Å². The summed E-state index contributed by atoms with van der Waals surface area (Å²) in [6.45, 7) is 2.45. The molecule has 2 N–H and O–H groups in total. The normalized spacial score (nSPS) is 25.7. The number of nitrogens with zero attached hydrogens (tertiary/aromatic N) is 2. The van der Waals surface area contributed by atoms with Crippen molar-refractivity contribution in [2.24, 2.45) is 10.7 Å². The molecule has 0 fully saturated rings. The topological polar surface area (TPSA) is 58.7 Å². The summed E-state index contributed by atoms with van der Waals surface area (Å²) in [4.78, 5) is 17.2. The average Bonchev–Trinajstić information content (AvgIpc) is 2.15. The average molecular weight is 191 g/mol. The standard InChI is InChI=1S/C10H13N3O/c1-7-2-3-13-8(6-11)5-10(14)12-9(13)4-7/h2-4,8H,5-6,11H2,1H3. The Labute approximate surface area is 82.8 Å². The number of carbonyl (C=O) groups is 1. The maximum Gasteiger partial charge on any atom is 0.249 e. The first kappa shape index (κ1) is 9.15. The highest BCUT2D eigenvalue weighted by molar-refractivity contribution is 6.05. The third-order valence-electron chi connectivity index (χ3n) is 2.43. The summed E-state index contributed by atoms with van der Waals surface area (Å²) in [7, 11) is 0. The number of hydrogen-bond acceptors (Lipinski definition) is 3. The van der Waals surface area contributed by atoms with Crippen LogP contribution >= 0.6 is 0 Å². The number of nitrogens with two attached hydrogens (primary N) is 1. The number of aliphatic imine (C=N–C) groups is 1. The first-order valence-electron chi connectivity index (χ1n) is 4.67. The van der Waals surface area contributed by atoms with E-state index in [1.165, 1.54) is 0 Å². The fourth-order valence-corrected chi connectivity index (χ4v) is 1.67. The minimum Gasteiger partial charge on any atom is -0.328 e. The fourth-order valence-electron chi connectivity index (χ4n) is 1.67. The summed E-state index contributed by atoms with van der Waals surface area (Å²) in [5, 5.41) is 0. The Morgan fingerprint density at radius 2 is 2.50 bits per heavy atom. The van der Waals surface area contributed by atoms with Crippen LogP contribution < -0.4 is 5.73 Å². The number of amidine groups is 1. The van der Waals surface area contributed by atoms with E-state index in [9.17, 15) is 4.79 Å². The van der Waals surface area contributed by atoms with Crippen molar-refractivity contribution >= 4 is 11.7 Å². The van der Waals surface area contributed by atoms with Gasteiger partial charge in [-0.1, -0.05) is 0 Å². The molecule has 2 rings (SSSR count). The fraction of sp³-hybridized carbons (Fsp3) is 0.400. The van der Waals surface area contributed by atoms with Crippen LogP contribution in [0.5, 0.6) is 0 Å². The Kier molecular flexibility index (Phi) is 2.21. The van der Waals surface area contributed by atoms with Crippen LogP contribution in [0.3, 0.4) is 0 Å². The van der Waals surface area contributed by atoms with Gasteiger partial charge in [0.1, 0.15) is 5.84 Å². The molecule has 0 saturated carbocycles. The molecule has 14 heavy (non-hydrogen) atoms. The van der Waals surface area contributed by atoms with Crippen LogP contribution in [-0.4, -0.2) is 29.2 Å². The van der Waals surface area contributed by atoms with Gasteiger partial charge in [0.05, 0.1) is 12.5 Å². The monoisotopic (exact) mass is 191 g/mol. The van der Waals surface area contributed by atoms with Gasteiger partial charge in [-0.15, -0.1) is 0 Å². The molecule has 4 heteroatoms. The Balaban J connectivity index is 2.35. The van der Waals surface area contributed by atoms with Crippen molar-refractivity contribution in [3.63, 3.8) is 0 Å². The van der Waals surface area contributed by atoms with Crippen LogP contribution in [0.2, 0.25) is 0 Å². The molecule has 0 radical (unpaired) electrons. The second kappa shape index (κ2) is 3.38. The zero-order valence-corrected chi connectivity index (χ0v) is 8.10. The first-order chi connectivity index (χ1) is 6.70. The number of hydrogen-bond donors (Lipinski definition) is 1. The van der Waals surface area contributed by atoms with E-state index >= 15 is 0 Å². The minimum absolute atomic E-state index is 0.0654. The van der Waals surface area contributed by atoms with Gasteiger partial charge in [-0.25, -0.2) is 0 Å². The highest BCUT2D eigenvalue weighted by Gasteiger charge is 2.27. The van der Waals surface area contributed by atoms with Crippen LogP contribution in [0, 0.1) is 0 Å². The number of rotatable bonds is 1. The molecule has 0 saturated heterocycles. The largest absolute Gasteiger partial charge is 0.328 e. The number of fused-ring (bicyclic) bond motifs is 1. The SMILES string of the molecule is CC1=CC2=NC(=O)CC(CN)N2C=C1. The van der Waals surface area contributed by atoms with E-state index in [0.29, 0.717) is 13.0 Å². The van der Waals surface area contributed by atoms with Crippen molar-refractivity contribution in [2.45, 2.75) is 19.4 Å². The van der Waals surface area contributed by atoms with Gasteiger partial charge in [0.2, 0.25) is 5.91 Å². The molecule has 0 aromatic heterocycles. The molecule has 74 valence electrons. The zero-order valence-electron chi connectivity index (χ0n) is 8.10. The van der Waals surface area contributed by atoms with Gasteiger partial charge in [-0.3, -0.25) is 4.79 Å². The molecule has 0 aromatic rings. The molecule has 1 unspecified atom stereocenters. The van der Waals surface area contributed by atoms with Crippen LogP contribution in [0.25, 0.3) is 0 Å². The van der Waals surface area contributed by atoms with Crippen molar-refractivity contribution in [2.75, 3.05) is 6.54 Å². The molecule has 0 spiro atoms. The lowest BCUT2D eigenvalue weighted by Gasteiger charge is -2.33. The van der Waals surface area contributed by atoms with Gasteiger partial charge in [-0.05, 0) is 24.6 Å². The summed E-state index contributed by atoms with van der Waals surface area (Å²) < 4.78 is 0. The Bertz CT molecular complexity index is 354. The van der Waals surface area contributed by atoms with E-state index in [1.54, 1.807) is 0 Å². The number of amides is 1. The molecule has 0 bridgehead atoms. The molecule has 2 aliphatic heterocycles. The number of allylic oxidation sites excluding steroid dienone is 2. The van der Waals surface area contributed by atoms with Crippen molar-refractivity contribution in [1.29, 1.82) is 0 Å². The lowest BCUT2D eigenvalue weighted by molar-refractivity contribution is -0.119. The minimum atomic E-state index is -0.0777. The smallest absolute Gasteiger partial charge is 0.249 e. The second-order valence-corrected chi connectivity index (χ2v) is 3.57. The molecular formula is C10H13N3O. The highest BCUT2D eigenvalue weighted by atomic mass is 16.1. The predicted octanol–water partition coefficient (Wildman–Crippen LogP) is 0.418. The Hall–Kier alpha value is -1.42. The van der Waals surface area contributed by atoms with E-state index in [1.807, 2.05) is 30.2 Å². The van der Waals surface area contributed by atoms with E-state index in [-0.39, 0.29) is 11.9 Å². The molecule has 0 aliphatic carbocycles. The molecular weight excluding hydrogens is 178 g/mol. The lowest BCUT2D eigenvalue weighted by Crippen LogP contribution is -2.45. The quantitative estimate of drug-likeness (QED) is 0.653. The third-order valence-corrected chi connectivity index (χ3v) is 2.43. The zero-order chi connectivity index (χ0) is 10.1. The van der Waals surface area contributed by atoms with Crippen LogP contribution in [-0.2, 0) is 4.79 Å².